The highest BCUT2D eigenvalue weighted by Crippen LogP contribution is 2.46. The second-order valence-corrected chi connectivity index (χ2v) is 26.6. The van der Waals surface area contributed by atoms with Crippen LogP contribution in [-0.4, -0.2) is 73.9 Å². The number of fused-ring (bicyclic) bond motifs is 6. The van der Waals surface area contributed by atoms with E-state index in [0.717, 1.165) is 39.9 Å². The Labute approximate surface area is 633 Å². The highest BCUT2D eigenvalue weighted by molar-refractivity contribution is 6.13. The Morgan fingerprint density at radius 3 is 0.759 bits per heavy atom. The van der Waals surface area contributed by atoms with E-state index >= 15 is 26.3 Å². The molecule has 0 bridgehead atoms. The number of nitrogens with zero attached hydrogens (tertiary/aromatic N) is 15. The van der Waals surface area contributed by atoms with Gasteiger partial charge in [0, 0.05) is 88.3 Å². The van der Waals surface area contributed by atoms with E-state index in [-0.39, 0.29) is 34.8 Å². The normalized spacial score (nSPS) is 11.8. The molecule has 0 saturated carbocycles. The lowest BCUT2D eigenvalue weighted by atomic mass is 9.98. The predicted molar refractivity (Wildman–Crippen MR) is 422 cm³/mol. The SMILES string of the molecule is FC(F)(F)c1cc(-c2cc(-n3c4cc(-c5nc(-c6ccccc6)nc(-c6ccccc6)n5)ccc4c4ccc(-c5nc(-c6ccccc6)nc(-c6ccccc6)n5)cc43)ncc2-n2c3cc(-c4ncnc(-c5ccccc5)n4)ccc3c3ccc(-c4nc(-c5ccccc5)nc(-c5ccccc5)n4)cc32)cc(C(F)(F)F)c1. The average Bonchev–Trinajstić information content (AvgIpc) is 1.57. The summed E-state index contributed by atoms with van der Waals surface area (Å²) in [4.78, 5) is 65.0. The fourth-order valence-corrected chi connectivity index (χ4v) is 14.2. The Hall–Kier alpha value is -15.0. The molecule has 21 heteroatoms. The van der Waals surface area contributed by atoms with E-state index in [9.17, 15) is 0 Å². The summed E-state index contributed by atoms with van der Waals surface area (Å²) in [5.74, 6) is 3.97. The zero-order valence-corrected chi connectivity index (χ0v) is 58.6. The number of pyridine rings is 1. The maximum absolute atomic E-state index is 15.7. The van der Waals surface area contributed by atoms with Crippen LogP contribution < -0.4 is 0 Å². The lowest BCUT2D eigenvalue weighted by Gasteiger charge is -2.19. The van der Waals surface area contributed by atoms with E-state index in [1.807, 2.05) is 290 Å². The third kappa shape index (κ3) is 12.8. The summed E-state index contributed by atoms with van der Waals surface area (Å²) in [5.41, 5.74) is 5.53. The van der Waals surface area contributed by atoms with Crippen LogP contribution in [0.25, 0.3) is 192 Å². The molecular weight excluding hydrogens is 1420 g/mol. The molecule has 7 aromatic heterocycles. The molecule has 0 fully saturated rings. The van der Waals surface area contributed by atoms with Gasteiger partial charge < -0.3 is 4.57 Å². The Balaban J connectivity index is 0.903. The van der Waals surface area contributed by atoms with Crippen molar-refractivity contribution in [3.8, 4) is 148 Å². The maximum atomic E-state index is 15.7. The Morgan fingerprint density at radius 2 is 0.464 bits per heavy atom. The van der Waals surface area contributed by atoms with Gasteiger partial charge in [-0.15, -0.1) is 0 Å². The predicted octanol–water partition coefficient (Wildman–Crippen LogP) is 22.1. The van der Waals surface area contributed by atoms with Crippen LogP contribution in [0.3, 0.4) is 0 Å². The maximum Gasteiger partial charge on any atom is 0.416 e. The standard InChI is InChI=1S/C91H53F6N15/c92-90(93,94)66-44-65(45-67(50-66)91(95,96)97)72-51-78(98-52-77(72)111-73-46-61(80-100-53-99-79(101-80)54-22-8-1-9-23-54)36-40-68(73)69-41-37-62(47-74(69)111)87-105-81(55-24-10-2-11-25-55)102-82(106-87)56-26-12-3-13-27-56)112-75-48-63(88-107-83(57-28-14-4-15-29-57)103-84(108-88)58-30-16-5-17-31-58)38-42-70(75)71-43-39-64(49-76(71)112)89-109-85(59-32-18-6-19-33-59)104-86(110-89)60-34-20-7-21-35-60/h1-53H. The van der Waals surface area contributed by atoms with Crippen LogP contribution in [0.5, 0.6) is 0 Å². The van der Waals surface area contributed by atoms with Gasteiger partial charge >= 0.3 is 12.4 Å². The number of hydrogen-bond acceptors (Lipinski definition) is 13. The molecule has 7 heterocycles. The lowest BCUT2D eigenvalue weighted by Crippen LogP contribution is -2.11. The molecular formula is C91H53F6N15. The summed E-state index contributed by atoms with van der Waals surface area (Å²) in [5, 5.41) is 2.64. The lowest BCUT2D eigenvalue weighted by molar-refractivity contribution is -0.143. The van der Waals surface area contributed by atoms with Gasteiger partial charge in [0.2, 0.25) is 0 Å². The Morgan fingerprint density at radius 1 is 0.214 bits per heavy atom. The van der Waals surface area contributed by atoms with Crippen molar-refractivity contribution in [2.24, 2.45) is 0 Å². The molecule has 12 aromatic carbocycles. The van der Waals surface area contributed by atoms with Crippen molar-refractivity contribution in [1.82, 2.24) is 73.9 Å². The first kappa shape index (κ1) is 67.6. The summed E-state index contributed by atoms with van der Waals surface area (Å²) < 4.78 is 97.9. The molecule has 19 rings (SSSR count). The average molecular weight is 1470 g/mol. The number of aromatic nitrogens is 15. The van der Waals surface area contributed by atoms with E-state index in [4.69, 9.17) is 54.8 Å². The van der Waals surface area contributed by atoms with Crippen molar-refractivity contribution >= 4 is 43.6 Å². The molecule has 0 unspecified atom stereocenters. The van der Waals surface area contributed by atoms with E-state index in [1.54, 1.807) is 4.57 Å². The van der Waals surface area contributed by atoms with Gasteiger partial charge in [0.1, 0.15) is 12.1 Å². The highest BCUT2D eigenvalue weighted by Gasteiger charge is 2.38. The van der Waals surface area contributed by atoms with Gasteiger partial charge in [-0.1, -0.05) is 261 Å². The van der Waals surface area contributed by atoms with Crippen LogP contribution in [0.2, 0.25) is 0 Å². The molecule has 0 saturated heterocycles. The number of rotatable bonds is 14. The van der Waals surface area contributed by atoms with Crippen LogP contribution in [0.1, 0.15) is 11.1 Å². The van der Waals surface area contributed by atoms with Gasteiger partial charge in [-0.3, -0.25) is 4.57 Å². The minimum atomic E-state index is -5.27. The second kappa shape index (κ2) is 27.7. The molecule has 19 aromatic rings. The first-order valence-corrected chi connectivity index (χ1v) is 35.6. The largest absolute Gasteiger partial charge is 0.416 e. The van der Waals surface area contributed by atoms with Crippen molar-refractivity contribution in [1.29, 1.82) is 0 Å². The van der Waals surface area contributed by atoms with Crippen LogP contribution in [-0.2, 0) is 12.4 Å². The smallest absolute Gasteiger partial charge is 0.307 e. The molecule has 0 spiro atoms. The molecule has 0 radical (unpaired) electrons. The third-order valence-electron chi connectivity index (χ3n) is 19.5. The molecule has 0 N–H and O–H groups in total. The third-order valence-corrected chi connectivity index (χ3v) is 19.5. The first-order chi connectivity index (χ1) is 54.7. The highest BCUT2D eigenvalue weighted by atomic mass is 19.4. The van der Waals surface area contributed by atoms with Gasteiger partial charge in [-0.05, 0) is 54.1 Å². The van der Waals surface area contributed by atoms with E-state index in [2.05, 4.69) is 9.97 Å². The topological polar surface area (TPSA) is 177 Å². The van der Waals surface area contributed by atoms with E-state index < -0.39 is 29.0 Å². The van der Waals surface area contributed by atoms with Gasteiger partial charge in [0.15, 0.2) is 64.1 Å². The molecule has 0 amide bonds. The van der Waals surface area contributed by atoms with Crippen molar-refractivity contribution < 1.29 is 26.3 Å². The number of hydrogen-bond donors (Lipinski definition) is 0. The number of alkyl halides is 6. The Bertz CT molecular complexity index is 6440. The summed E-state index contributed by atoms with van der Waals surface area (Å²) in [7, 11) is 0. The van der Waals surface area contributed by atoms with Crippen LogP contribution in [0, 0.1) is 0 Å². The fraction of sp³-hybridized carbons (Fsp3) is 0.0220. The van der Waals surface area contributed by atoms with Crippen molar-refractivity contribution in [2.75, 3.05) is 0 Å². The van der Waals surface area contributed by atoms with Gasteiger partial charge in [0.05, 0.1) is 45.1 Å². The monoisotopic (exact) mass is 1470 g/mol. The molecule has 534 valence electrons. The molecule has 0 aliphatic heterocycles. The summed E-state index contributed by atoms with van der Waals surface area (Å²) in [6, 6.07) is 92.1. The van der Waals surface area contributed by atoms with Crippen LogP contribution in [0.15, 0.2) is 322 Å². The quantitative estimate of drug-likeness (QED) is 0.0940. The number of halogens is 6. The zero-order chi connectivity index (χ0) is 75.6. The minimum absolute atomic E-state index is 0.0815. The Kier molecular flexibility index (Phi) is 16.7. The van der Waals surface area contributed by atoms with Gasteiger partial charge in [-0.2, -0.15) is 26.3 Å². The summed E-state index contributed by atoms with van der Waals surface area (Å²) in [6.07, 6.45) is -7.64. The van der Waals surface area contributed by atoms with Gasteiger partial charge in [-0.25, -0.2) is 64.8 Å². The number of benzene rings is 12. The van der Waals surface area contributed by atoms with Crippen molar-refractivity contribution in [3.05, 3.63) is 333 Å². The van der Waals surface area contributed by atoms with Gasteiger partial charge in [0.25, 0.3) is 0 Å². The molecule has 0 aliphatic carbocycles. The van der Waals surface area contributed by atoms with Crippen LogP contribution in [0.4, 0.5) is 26.3 Å². The van der Waals surface area contributed by atoms with Crippen molar-refractivity contribution in [2.45, 2.75) is 12.4 Å². The van der Waals surface area contributed by atoms with Crippen molar-refractivity contribution in [3.63, 3.8) is 0 Å². The molecule has 0 atom stereocenters. The molecule has 0 aliphatic rings. The molecule has 112 heavy (non-hydrogen) atoms. The molecule has 15 nitrogen and oxygen atoms in total. The second-order valence-electron chi connectivity index (χ2n) is 26.6. The van der Waals surface area contributed by atoms with Crippen LogP contribution >= 0.6 is 0 Å². The summed E-state index contributed by atoms with van der Waals surface area (Å²) in [6.45, 7) is 0. The van der Waals surface area contributed by atoms with E-state index in [0.29, 0.717) is 129 Å². The van der Waals surface area contributed by atoms with E-state index in [1.165, 1.54) is 18.6 Å². The summed E-state index contributed by atoms with van der Waals surface area (Å²) >= 11 is 0. The zero-order valence-electron chi connectivity index (χ0n) is 58.6. The first-order valence-electron chi connectivity index (χ1n) is 35.6. The minimum Gasteiger partial charge on any atom is -0.307 e. The fourth-order valence-electron chi connectivity index (χ4n) is 14.2.